The summed E-state index contributed by atoms with van der Waals surface area (Å²) < 4.78 is 12.9. The predicted molar refractivity (Wildman–Crippen MR) is 77.8 cm³/mol. The third-order valence-electron chi connectivity index (χ3n) is 4.12. The number of hydrogen-bond donors (Lipinski definition) is 1. The average Bonchev–Trinajstić information content (AvgIpc) is 2.42. The van der Waals surface area contributed by atoms with Gasteiger partial charge in [0, 0.05) is 18.6 Å². The van der Waals surface area contributed by atoms with Crippen LogP contribution in [0.25, 0.3) is 0 Å². The van der Waals surface area contributed by atoms with Gasteiger partial charge in [-0.3, -0.25) is 4.90 Å². The second-order valence-corrected chi connectivity index (χ2v) is 5.62. The minimum absolute atomic E-state index is 0.151. The summed E-state index contributed by atoms with van der Waals surface area (Å²) in [6.07, 6.45) is 4.93. The molecule has 2 atom stereocenters. The highest BCUT2D eigenvalue weighted by atomic mass is 19.1. The molecule has 1 heterocycles. The number of piperidine rings is 1. The summed E-state index contributed by atoms with van der Waals surface area (Å²) in [6.45, 7) is 4.54. The smallest absolute Gasteiger partial charge is 0.123 e. The van der Waals surface area contributed by atoms with E-state index < -0.39 is 0 Å². The molecule has 2 unspecified atom stereocenters. The Morgan fingerprint density at radius 3 is 2.74 bits per heavy atom. The van der Waals surface area contributed by atoms with Crippen molar-refractivity contribution in [1.82, 2.24) is 10.2 Å². The van der Waals surface area contributed by atoms with Crippen LogP contribution >= 0.6 is 0 Å². The highest BCUT2D eigenvalue weighted by Gasteiger charge is 2.25. The molecule has 0 spiro atoms. The summed E-state index contributed by atoms with van der Waals surface area (Å²) in [6, 6.07) is 8.09. The summed E-state index contributed by atoms with van der Waals surface area (Å²) in [5, 5.41) is 3.30. The number of hydrogen-bond acceptors (Lipinski definition) is 2. The van der Waals surface area contributed by atoms with Gasteiger partial charge >= 0.3 is 0 Å². The van der Waals surface area contributed by atoms with Crippen molar-refractivity contribution in [3.05, 3.63) is 35.6 Å². The maximum atomic E-state index is 12.9. The van der Waals surface area contributed by atoms with E-state index >= 15 is 0 Å². The molecule has 1 N–H and O–H groups in total. The standard InChI is InChI=1S/C16H25FN2/c1-13(11-14-6-8-15(17)9-7-14)19-10-4-3-5-16(19)12-18-2/h6-9,13,16,18H,3-5,10-12H2,1-2H3. The van der Waals surface area contributed by atoms with Crippen LogP contribution in [0.4, 0.5) is 4.39 Å². The normalized spacial score (nSPS) is 22.4. The molecule has 0 aromatic heterocycles. The van der Waals surface area contributed by atoms with E-state index in [0.29, 0.717) is 12.1 Å². The SMILES string of the molecule is CNCC1CCCCN1C(C)Cc1ccc(F)cc1. The molecular weight excluding hydrogens is 239 g/mol. The highest BCUT2D eigenvalue weighted by Crippen LogP contribution is 2.21. The van der Waals surface area contributed by atoms with E-state index in [1.54, 1.807) is 12.1 Å². The van der Waals surface area contributed by atoms with Gasteiger partial charge in [0.05, 0.1) is 0 Å². The van der Waals surface area contributed by atoms with Crippen LogP contribution in [0.2, 0.25) is 0 Å². The van der Waals surface area contributed by atoms with E-state index in [4.69, 9.17) is 0 Å². The zero-order valence-corrected chi connectivity index (χ0v) is 12.0. The molecule has 2 nitrogen and oxygen atoms in total. The fraction of sp³-hybridized carbons (Fsp3) is 0.625. The Balaban J connectivity index is 1.96. The van der Waals surface area contributed by atoms with E-state index in [1.165, 1.54) is 31.4 Å². The topological polar surface area (TPSA) is 15.3 Å². The van der Waals surface area contributed by atoms with Crippen molar-refractivity contribution >= 4 is 0 Å². The van der Waals surface area contributed by atoms with Gasteiger partial charge in [-0.05, 0) is 57.5 Å². The first-order valence-electron chi connectivity index (χ1n) is 7.35. The third-order valence-corrected chi connectivity index (χ3v) is 4.12. The second kappa shape index (κ2) is 7.01. The van der Waals surface area contributed by atoms with E-state index in [9.17, 15) is 4.39 Å². The van der Waals surface area contributed by atoms with Crippen molar-refractivity contribution in [3.8, 4) is 0 Å². The quantitative estimate of drug-likeness (QED) is 0.880. The Morgan fingerprint density at radius 1 is 1.32 bits per heavy atom. The lowest BCUT2D eigenvalue weighted by Crippen LogP contribution is -2.49. The average molecular weight is 264 g/mol. The number of likely N-dealkylation sites (N-methyl/N-ethyl adjacent to an activating group) is 1. The van der Waals surface area contributed by atoms with Crippen molar-refractivity contribution in [1.29, 1.82) is 0 Å². The minimum atomic E-state index is -0.151. The Morgan fingerprint density at radius 2 is 2.05 bits per heavy atom. The van der Waals surface area contributed by atoms with Gasteiger partial charge < -0.3 is 5.32 Å². The summed E-state index contributed by atoms with van der Waals surface area (Å²) in [7, 11) is 2.03. The van der Waals surface area contributed by atoms with Crippen LogP contribution in [0.3, 0.4) is 0 Å². The first-order chi connectivity index (χ1) is 9.20. The lowest BCUT2D eigenvalue weighted by molar-refractivity contribution is 0.103. The lowest BCUT2D eigenvalue weighted by Gasteiger charge is -2.40. The molecule has 0 aliphatic carbocycles. The molecule has 3 heteroatoms. The molecule has 19 heavy (non-hydrogen) atoms. The van der Waals surface area contributed by atoms with Crippen molar-refractivity contribution in [2.75, 3.05) is 20.1 Å². The van der Waals surface area contributed by atoms with Crippen LogP contribution in [0.1, 0.15) is 31.7 Å². The first kappa shape index (κ1) is 14.5. The van der Waals surface area contributed by atoms with Gasteiger partial charge in [-0.1, -0.05) is 18.6 Å². The Bertz CT molecular complexity index is 375. The molecule has 1 aliphatic heterocycles. The molecule has 0 amide bonds. The van der Waals surface area contributed by atoms with E-state index in [0.717, 1.165) is 13.0 Å². The molecule has 1 fully saturated rings. The molecule has 1 aromatic rings. The fourth-order valence-corrected chi connectivity index (χ4v) is 3.14. The van der Waals surface area contributed by atoms with Crippen molar-refractivity contribution in [2.45, 2.75) is 44.7 Å². The lowest BCUT2D eigenvalue weighted by atomic mass is 9.97. The predicted octanol–water partition coefficient (Wildman–Crippen LogP) is 2.83. The van der Waals surface area contributed by atoms with Crippen LogP contribution in [0, 0.1) is 5.82 Å². The molecule has 106 valence electrons. The van der Waals surface area contributed by atoms with Crippen LogP contribution < -0.4 is 5.32 Å². The van der Waals surface area contributed by atoms with Gasteiger partial charge in [0.15, 0.2) is 0 Å². The Hall–Kier alpha value is -0.930. The van der Waals surface area contributed by atoms with Crippen LogP contribution in [-0.2, 0) is 6.42 Å². The number of likely N-dealkylation sites (tertiary alicyclic amines) is 1. The highest BCUT2D eigenvalue weighted by molar-refractivity contribution is 5.17. The van der Waals surface area contributed by atoms with Gasteiger partial charge in [-0.2, -0.15) is 0 Å². The molecule has 1 aromatic carbocycles. The molecule has 1 aliphatic rings. The number of halogens is 1. The van der Waals surface area contributed by atoms with E-state index in [1.807, 2.05) is 19.2 Å². The molecule has 1 saturated heterocycles. The third kappa shape index (κ3) is 4.02. The monoisotopic (exact) mass is 264 g/mol. The number of nitrogens with one attached hydrogen (secondary N) is 1. The Kier molecular flexibility index (Phi) is 5.34. The van der Waals surface area contributed by atoms with Gasteiger partial charge in [0.2, 0.25) is 0 Å². The van der Waals surface area contributed by atoms with Gasteiger partial charge in [0.25, 0.3) is 0 Å². The summed E-state index contributed by atoms with van der Waals surface area (Å²) in [4.78, 5) is 2.61. The van der Waals surface area contributed by atoms with Crippen molar-refractivity contribution < 1.29 is 4.39 Å². The second-order valence-electron chi connectivity index (χ2n) is 5.62. The summed E-state index contributed by atoms with van der Waals surface area (Å²) >= 11 is 0. The molecule has 2 rings (SSSR count). The van der Waals surface area contributed by atoms with Crippen molar-refractivity contribution in [2.24, 2.45) is 0 Å². The van der Waals surface area contributed by atoms with Gasteiger partial charge in [-0.25, -0.2) is 4.39 Å². The molecule has 0 bridgehead atoms. The number of rotatable bonds is 5. The van der Waals surface area contributed by atoms with Crippen LogP contribution in [0.5, 0.6) is 0 Å². The van der Waals surface area contributed by atoms with Gasteiger partial charge in [-0.15, -0.1) is 0 Å². The first-order valence-corrected chi connectivity index (χ1v) is 7.35. The van der Waals surface area contributed by atoms with E-state index in [-0.39, 0.29) is 5.82 Å². The molecule has 0 radical (unpaired) electrons. The zero-order valence-electron chi connectivity index (χ0n) is 12.0. The van der Waals surface area contributed by atoms with Gasteiger partial charge in [0.1, 0.15) is 5.82 Å². The zero-order chi connectivity index (χ0) is 13.7. The maximum absolute atomic E-state index is 12.9. The van der Waals surface area contributed by atoms with Crippen molar-refractivity contribution in [3.63, 3.8) is 0 Å². The fourth-order valence-electron chi connectivity index (χ4n) is 3.14. The Labute approximate surface area is 116 Å². The molecule has 0 saturated carbocycles. The minimum Gasteiger partial charge on any atom is -0.318 e. The molecular formula is C16H25FN2. The summed E-state index contributed by atoms with van der Waals surface area (Å²) in [5.74, 6) is -0.151. The van der Waals surface area contributed by atoms with Crippen LogP contribution in [0.15, 0.2) is 24.3 Å². The number of benzene rings is 1. The van der Waals surface area contributed by atoms with E-state index in [2.05, 4.69) is 17.1 Å². The van der Waals surface area contributed by atoms with Crippen LogP contribution in [-0.4, -0.2) is 37.1 Å². The summed E-state index contributed by atoms with van der Waals surface area (Å²) in [5.41, 5.74) is 1.22. The maximum Gasteiger partial charge on any atom is 0.123 e. The largest absolute Gasteiger partial charge is 0.318 e. The number of nitrogens with zero attached hydrogens (tertiary/aromatic N) is 1.